The Balaban J connectivity index is 2.86. The largest absolute Gasteiger partial charge is 0.434 e. The first-order chi connectivity index (χ1) is 5.59. The third-order valence-electron chi connectivity index (χ3n) is 1.11. The van der Waals surface area contributed by atoms with Gasteiger partial charge in [-0.2, -0.15) is 8.78 Å². The van der Waals surface area contributed by atoms with Crippen LogP contribution in [0.4, 0.5) is 13.2 Å². The van der Waals surface area contributed by atoms with E-state index in [1.165, 1.54) is 0 Å². The minimum Gasteiger partial charge on any atom is -0.434 e. The highest BCUT2D eigenvalue weighted by atomic mass is 79.9. The highest BCUT2D eigenvalue weighted by molar-refractivity contribution is 9.10. The van der Waals surface area contributed by atoms with Crippen molar-refractivity contribution in [2.75, 3.05) is 0 Å². The third-order valence-corrected chi connectivity index (χ3v) is 1.73. The van der Waals surface area contributed by atoms with Crippen LogP contribution >= 0.6 is 15.9 Å². The summed E-state index contributed by atoms with van der Waals surface area (Å²) in [6.45, 7) is -2.90. The molecule has 1 aromatic carbocycles. The SMILES string of the molecule is Fc1ccc(OC(F)F)c(Br)c1. The Morgan fingerprint density at radius 1 is 1.33 bits per heavy atom. The number of benzene rings is 1. The van der Waals surface area contributed by atoms with E-state index in [2.05, 4.69) is 20.7 Å². The molecule has 0 aliphatic rings. The fraction of sp³-hybridized carbons (Fsp3) is 0.143. The molecule has 0 atom stereocenters. The molecule has 0 unspecified atom stereocenters. The summed E-state index contributed by atoms with van der Waals surface area (Å²) in [5, 5.41) is 0. The predicted molar refractivity (Wildman–Crippen MR) is 40.7 cm³/mol. The third kappa shape index (κ3) is 2.41. The van der Waals surface area contributed by atoms with Crippen molar-refractivity contribution < 1.29 is 17.9 Å². The summed E-state index contributed by atoms with van der Waals surface area (Å²) in [6.07, 6.45) is 0. The molecule has 0 aliphatic heterocycles. The van der Waals surface area contributed by atoms with Gasteiger partial charge in [-0.3, -0.25) is 0 Å². The van der Waals surface area contributed by atoms with Gasteiger partial charge in [-0.05, 0) is 34.1 Å². The van der Waals surface area contributed by atoms with Crippen LogP contribution in [0.2, 0.25) is 0 Å². The molecule has 0 saturated heterocycles. The van der Waals surface area contributed by atoms with Crippen LogP contribution in [0.25, 0.3) is 0 Å². The quantitative estimate of drug-likeness (QED) is 0.772. The second kappa shape index (κ2) is 3.80. The second-order valence-corrected chi connectivity index (χ2v) is 2.81. The van der Waals surface area contributed by atoms with Crippen molar-refractivity contribution in [3.05, 3.63) is 28.5 Å². The van der Waals surface area contributed by atoms with Crippen LogP contribution in [0.3, 0.4) is 0 Å². The highest BCUT2D eigenvalue weighted by Crippen LogP contribution is 2.26. The molecule has 5 heteroatoms. The van der Waals surface area contributed by atoms with E-state index in [0.717, 1.165) is 18.2 Å². The molecular weight excluding hydrogens is 237 g/mol. The summed E-state index contributed by atoms with van der Waals surface area (Å²) in [4.78, 5) is 0. The molecule has 1 aromatic rings. The van der Waals surface area contributed by atoms with E-state index >= 15 is 0 Å². The first kappa shape index (κ1) is 9.38. The second-order valence-electron chi connectivity index (χ2n) is 1.95. The molecular formula is C7H4BrF3O. The maximum Gasteiger partial charge on any atom is 0.387 e. The van der Waals surface area contributed by atoms with Crippen molar-refractivity contribution >= 4 is 15.9 Å². The summed E-state index contributed by atoms with van der Waals surface area (Å²) in [7, 11) is 0. The Hall–Kier alpha value is -0.710. The van der Waals surface area contributed by atoms with Crippen molar-refractivity contribution in [2.24, 2.45) is 0 Å². The van der Waals surface area contributed by atoms with Crippen molar-refractivity contribution in [2.45, 2.75) is 6.61 Å². The van der Waals surface area contributed by atoms with E-state index < -0.39 is 12.4 Å². The van der Waals surface area contributed by atoms with Crippen LogP contribution in [0, 0.1) is 5.82 Å². The van der Waals surface area contributed by atoms with Gasteiger partial charge >= 0.3 is 6.61 Å². The molecule has 66 valence electrons. The lowest BCUT2D eigenvalue weighted by Gasteiger charge is -2.05. The Morgan fingerprint density at radius 2 is 2.00 bits per heavy atom. The number of hydrogen-bond donors (Lipinski definition) is 0. The molecule has 12 heavy (non-hydrogen) atoms. The summed E-state index contributed by atoms with van der Waals surface area (Å²) in [5.41, 5.74) is 0. The van der Waals surface area contributed by atoms with Crippen LogP contribution < -0.4 is 4.74 Å². The van der Waals surface area contributed by atoms with E-state index in [-0.39, 0.29) is 10.2 Å². The average molecular weight is 241 g/mol. The number of ether oxygens (including phenoxy) is 1. The van der Waals surface area contributed by atoms with Gasteiger partial charge in [0.05, 0.1) is 4.47 Å². The van der Waals surface area contributed by atoms with E-state index in [0.29, 0.717) is 0 Å². The van der Waals surface area contributed by atoms with Crippen molar-refractivity contribution in [3.63, 3.8) is 0 Å². The molecule has 0 aliphatic carbocycles. The summed E-state index contributed by atoms with van der Waals surface area (Å²) >= 11 is 2.88. The molecule has 0 heterocycles. The Morgan fingerprint density at radius 3 is 2.50 bits per heavy atom. The van der Waals surface area contributed by atoms with E-state index in [9.17, 15) is 13.2 Å². The molecule has 1 rings (SSSR count). The lowest BCUT2D eigenvalue weighted by Crippen LogP contribution is -2.02. The Kier molecular flexibility index (Phi) is 2.97. The standard InChI is InChI=1S/C7H4BrF3O/c8-5-3-4(9)1-2-6(5)12-7(10)11/h1-3,7H. The van der Waals surface area contributed by atoms with Gasteiger partial charge < -0.3 is 4.74 Å². The van der Waals surface area contributed by atoms with Gasteiger partial charge in [0.25, 0.3) is 0 Å². The molecule has 0 bridgehead atoms. The molecule has 0 spiro atoms. The van der Waals surface area contributed by atoms with Gasteiger partial charge in [0.1, 0.15) is 11.6 Å². The minimum absolute atomic E-state index is 0.0774. The molecule has 0 radical (unpaired) electrons. The van der Waals surface area contributed by atoms with Crippen LogP contribution in [0.15, 0.2) is 22.7 Å². The zero-order valence-electron chi connectivity index (χ0n) is 5.73. The van der Waals surface area contributed by atoms with Crippen molar-refractivity contribution in [1.29, 1.82) is 0 Å². The first-order valence-corrected chi connectivity index (χ1v) is 3.79. The van der Waals surface area contributed by atoms with Gasteiger partial charge in [-0.25, -0.2) is 4.39 Å². The fourth-order valence-corrected chi connectivity index (χ4v) is 1.11. The molecule has 0 aromatic heterocycles. The number of rotatable bonds is 2. The molecule has 0 fully saturated rings. The van der Waals surface area contributed by atoms with E-state index in [1.54, 1.807) is 0 Å². The fourth-order valence-electron chi connectivity index (χ4n) is 0.667. The van der Waals surface area contributed by atoms with Crippen LogP contribution in [0.5, 0.6) is 5.75 Å². The number of hydrogen-bond acceptors (Lipinski definition) is 1. The topological polar surface area (TPSA) is 9.23 Å². The zero-order valence-corrected chi connectivity index (χ0v) is 7.32. The lowest BCUT2D eigenvalue weighted by atomic mass is 10.3. The lowest BCUT2D eigenvalue weighted by molar-refractivity contribution is -0.0504. The smallest absolute Gasteiger partial charge is 0.387 e. The van der Waals surface area contributed by atoms with Gasteiger partial charge in [-0.15, -0.1) is 0 Å². The zero-order chi connectivity index (χ0) is 9.14. The first-order valence-electron chi connectivity index (χ1n) is 2.99. The van der Waals surface area contributed by atoms with Crippen molar-refractivity contribution in [1.82, 2.24) is 0 Å². The molecule has 0 saturated carbocycles. The number of halogens is 4. The summed E-state index contributed by atoms with van der Waals surface area (Å²) in [5.74, 6) is -0.588. The Bertz CT molecular complexity index is 277. The van der Waals surface area contributed by atoms with Gasteiger partial charge in [0.2, 0.25) is 0 Å². The van der Waals surface area contributed by atoms with E-state index in [4.69, 9.17) is 0 Å². The average Bonchev–Trinajstić information content (AvgIpc) is 1.94. The van der Waals surface area contributed by atoms with Crippen LogP contribution in [0.1, 0.15) is 0 Å². The monoisotopic (exact) mass is 240 g/mol. The van der Waals surface area contributed by atoms with Gasteiger partial charge in [-0.1, -0.05) is 0 Å². The molecule has 1 nitrogen and oxygen atoms in total. The van der Waals surface area contributed by atoms with Gasteiger partial charge in [0.15, 0.2) is 0 Å². The maximum absolute atomic E-state index is 12.4. The van der Waals surface area contributed by atoms with Crippen LogP contribution in [-0.4, -0.2) is 6.61 Å². The highest BCUT2D eigenvalue weighted by Gasteiger charge is 2.07. The normalized spacial score (nSPS) is 10.4. The summed E-state index contributed by atoms with van der Waals surface area (Å²) < 4.78 is 40.0. The predicted octanol–water partition coefficient (Wildman–Crippen LogP) is 3.19. The number of alkyl halides is 2. The Labute approximate surface area is 75.3 Å². The minimum atomic E-state index is -2.90. The molecule has 0 amide bonds. The van der Waals surface area contributed by atoms with Gasteiger partial charge in [0, 0.05) is 0 Å². The van der Waals surface area contributed by atoms with Crippen LogP contribution in [-0.2, 0) is 0 Å². The van der Waals surface area contributed by atoms with E-state index in [1.807, 2.05) is 0 Å². The maximum atomic E-state index is 12.4. The van der Waals surface area contributed by atoms with Crippen molar-refractivity contribution in [3.8, 4) is 5.75 Å². The summed E-state index contributed by atoms with van der Waals surface area (Å²) in [6, 6.07) is 3.23. The molecule has 0 N–H and O–H groups in total.